The maximum atomic E-state index is 14.0. The summed E-state index contributed by atoms with van der Waals surface area (Å²) in [7, 11) is 0. The molecule has 3 rings (SSSR count). The summed E-state index contributed by atoms with van der Waals surface area (Å²) >= 11 is 0. The van der Waals surface area contributed by atoms with E-state index in [9.17, 15) is 48.6 Å². The molecule has 338 valence electrons. The number of H-pyrrole nitrogens is 1. The van der Waals surface area contributed by atoms with E-state index in [2.05, 4.69) is 36.9 Å². The molecule has 0 saturated carbocycles. The van der Waals surface area contributed by atoms with Gasteiger partial charge in [-0.1, -0.05) is 82.6 Å². The Bertz CT molecular complexity index is 2000. The Labute approximate surface area is 361 Å². The molecule has 3 aromatic rings. The van der Waals surface area contributed by atoms with E-state index in [0.29, 0.717) is 31.4 Å². The second-order valence-electron chi connectivity index (χ2n) is 16.0. The van der Waals surface area contributed by atoms with E-state index in [0.717, 1.165) is 16.5 Å². The standard InChI is InChI=1S/C44H62N8O10/c1-6-26(4)38(43(60)48-32(18-12-13-19-45)39(56)51-36(44(61)62)22-29-24-46-31-17-11-10-16-30(29)31)52-42(59)35(23-37(54)55)50-40(57)33(20-25(2)3)49-41(58)34(47-27(5)53)21-28-14-8-7-9-15-28/h7-11,14-17,24-26,32-36,38,46H,6,12-13,18-23,45H2,1-5H3,(H,47,53)(H,48,60)(H,49,58)(H,50,57)(H,51,56)(H,52,59)(H,54,55)(H,61,62)/t26-,32-,33-,34+,35-,36-,38-/m0/s1. The highest BCUT2D eigenvalue weighted by Gasteiger charge is 2.36. The number of rotatable bonds is 26. The lowest BCUT2D eigenvalue weighted by Crippen LogP contribution is -2.61. The van der Waals surface area contributed by atoms with E-state index in [4.69, 9.17) is 5.73 Å². The summed E-state index contributed by atoms with van der Waals surface area (Å²) in [5, 5.41) is 36.2. The molecule has 0 fully saturated rings. The first-order chi connectivity index (χ1) is 29.4. The van der Waals surface area contributed by atoms with E-state index >= 15 is 0 Å². The zero-order valence-electron chi connectivity index (χ0n) is 36.0. The van der Waals surface area contributed by atoms with Gasteiger partial charge in [-0.05, 0) is 61.3 Å². The summed E-state index contributed by atoms with van der Waals surface area (Å²) in [6, 6.07) is 8.30. The average Bonchev–Trinajstić information content (AvgIpc) is 3.63. The van der Waals surface area contributed by atoms with Crippen LogP contribution in [-0.2, 0) is 51.2 Å². The molecule has 6 amide bonds. The summed E-state index contributed by atoms with van der Waals surface area (Å²) < 4.78 is 0. The molecule has 1 heterocycles. The number of carboxylic acids is 2. The SMILES string of the molecule is CC[C@H](C)[C@H](NC(=O)[C@H](CC(=O)O)NC(=O)[C@H](CC(C)C)NC(=O)[C@@H](Cc1ccccc1)NC(C)=O)C(=O)N[C@@H](CCCCN)C(=O)N[C@@H](Cc1c[nH]c2ccccc12)C(=O)O. The molecule has 0 aliphatic rings. The van der Waals surface area contributed by atoms with Crippen LogP contribution in [-0.4, -0.2) is 105 Å². The summed E-state index contributed by atoms with van der Waals surface area (Å²) in [4.78, 5) is 108. The van der Waals surface area contributed by atoms with Gasteiger partial charge in [-0.3, -0.25) is 33.6 Å². The minimum Gasteiger partial charge on any atom is -0.481 e. The Kier molecular flexibility index (Phi) is 20.0. The van der Waals surface area contributed by atoms with Crippen LogP contribution < -0.4 is 37.6 Å². The Morgan fingerprint density at radius 1 is 0.661 bits per heavy atom. The van der Waals surface area contributed by atoms with Crippen molar-refractivity contribution >= 4 is 58.3 Å². The van der Waals surface area contributed by atoms with Gasteiger partial charge in [0.2, 0.25) is 35.4 Å². The van der Waals surface area contributed by atoms with Crippen molar-refractivity contribution in [3.05, 3.63) is 71.9 Å². The molecule has 0 bridgehead atoms. The molecule has 7 atom stereocenters. The van der Waals surface area contributed by atoms with Crippen LogP contribution in [0, 0.1) is 11.8 Å². The molecule has 18 nitrogen and oxygen atoms in total. The molecule has 0 radical (unpaired) electrons. The van der Waals surface area contributed by atoms with E-state index in [1.807, 2.05) is 24.3 Å². The number of fused-ring (bicyclic) bond motifs is 1. The largest absolute Gasteiger partial charge is 0.481 e. The number of amides is 6. The first-order valence-electron chi connectivity index (χ1n) is 21.0. The van der Waals surface area contributed by atoms with Crippen LogP contribution in [0.1, 0.15) is 84.3 Å². The molecule has 2 aromatic carbocycles. The highest BCUT2D eigenvalue weighted by atomic mass is 16.4. The smallest absolute Gasteiger partial charge is 0.326 e. The molecule has 62 heavy (non-hydrogen) atoms. The molecule has 0 saturated heterocycles. The van der Waals surface area contributed by atoms with Gasteiger partial charge >= 0.3 is 11.9 Å². The lowest BCUT2D eigenvalue weighted by atomic mass is 9.96. The maximum Gasteiger partial charge on any atom is 0.326 e. The Morgan fingerprint density at radius 3 is 1.85 bits per heavy atom. The summed E-state index contributed by atoms with van der Waals surface area (Å²) in [5.74, 6) is -8.03. The normalized spacial score (nSPS) is 14.6. The number of aromatic amines is 1. The summed E-state index contributed by atoms with van der Waals surface area (Å²) in [5.41, 5.74) is 7.90. The zero-order chi connectivity index (χ0) is 45.9. The molecular formula is C44H62N8O10. The molecule has 0 aliphatic carbocycles. The van der Waals surface area contributed by atoms with Gasteiger partial charge in [0.15, 0.2) is 0 Å². The molecule has 1 aromatic heterocycles. The van der Waals surface area contributed by atoms with Crippen LogP contribution in [0.15, 0.2) is 60.8 Å². The van der Waals surface area contributed by atoms with E-state index in [-0.39, 0.29) is 31.6 Å². The second kappa shape index (κ2) is 24.8. The van der Waals surface area contributed by atoms with Crippen LogP contribution >= 0.6 is 0 Å². The van der Waals surface area contributed by atoms with Crippen molar-refractivity contribution in [1.82, 2.24) is 36.9 Å². The third kappa shape index (κ3) is 15.9. The maximum absolute atomic E-state index is 14.0. The molecular weight excluding hydrogens is 801 g/mol. The number of benzene rings is 2. The van der Waals surface area contributed by atoms with E-state index in [1.165, 1.54) is 6.92 Å². The molecule has 0 unspecified atom stereocenters. The van der Waals surface area contributed by atoms with Gasteiger partial charge in [0.25, 0.3) is 0 Å². The zero-order valence-corrected chi connectivity index (χ0v) is 36.0. The third-order valence-electron chi connectivity index (χ3n) is 10.4. The first kappa shape index (κ1) is 50.1. The number of carbonyl (C=O) groups is 8. The van der Waals surface area contributed by atoms with Crippen LogP contribution in [0.4, 0.5) is 0 Å². The number of hydrogen-bond acceptors (Lipinski definition) is 9. The monoisotopic (exact) mass is 862 g/mol. The molecule has 0 spiro atoms. The van der Waals surface area contributed by atoms with Crippen molar-refractivity contribution in [2.75, 3.05) is 6.54 Å². The fourth-order valence-electron chi connectivity index (χ4n) is 6.91. The number of hydrogen-bond donors (Lipinski definition) is 10. The molecule has 11 N–H and O–H groups in total. The first-order valence-corrected chi connectivity index (χ1v) is 21.0. The highest BCUT2D eigenvalue weighted by Crippen LogP contribution is 2.20. The van der Waals surface area contributed by atoms with Gasteiger partial charge in [-0.25, -0.2) is 4.79 Å². The summed E-state index contributed by atoms with van der Waals surface area (Å²) in [6.07, 6.45) is 2.28. The lowest BCUT2D eigenvalue weighted by Gasteiger charge is -2.29. The van der Waals surface area contributed by atoms with Crippen LogP contribution in [0.3, 0.4) is 0 Å². The fourth-order valence-corrected chi connectivity index (χ4v) is 6.91. The fraction of sp³-hybridized carbons (Fsp3) is 0.500. The quantitative estimate of drug-likeness (QED) is 0.0518. The number of carbonyl (C=O) groups excluding carboxylic acids is 6. The minimum atomic E-state index is -1.70. The number of para-hydroxylation sites is 1. The van der Waals surface area contributed by atoms with Crippen molar-refractivity contribution in [3.63, 3.8) is 0 Å². The van der Waals surface area contributed by atoms with E-state index < -0.39 is 96.0 Å². The number of aromatic nitrogens is 1. The topological polar surface area (TPSA) is 291 Å². The lowest BCUT2D eigenvalue weighted by molar-refractivity contribution is -0.142. The Hall–Kier alpha value is -6.30. The number of nitrogens with two attached hydrogens (primary N) is 1. The van der Waals surface area contributed by atoms with Crippen molar-refractivity contribution in [2.45, 2.75) is 122 Å². The predicted octanol–water partition coefficient (Wildman–Crippen LogP) is 1.66. The predicted molar refractivity (Wildman–Crippen MR) is 231 cm³/mol. The van der Waals surface area contributed by atoms with Crippen molar-refractivity contribution in [3.8, 4) is 0 Å². The van der Waals surface area contributed by atoms with Gasteiger partial charge in [0, 0.05) is 36.9 Å². The van der Waals surface area contributed by atoms with Gasteiger partial charge in [-0.2, -0.15) is 0 Å². The minimum absolute atomic E-state index is 0.0535. The number of carboxylic acid groups (broad SMARTS) is 2. The van der Waals surface area contributed by atoms with Gasteiger partial charge < -0.3 is 52.8 Å². The van der Waals surface area contributed by atoms with Crippen molar-refractivity contribution in [1.29, 1.82) is 0 Å². The molecule has 18 heteroatoms. The number of aliphatic carboxylic acids is 2. The van der Waals surface area contributed by atoms with Crippen molar-refractivity contribution < 1.29 is 48.6 Å². The van der Waals surface area contributed by atoms with Gasteiger partial charge in [-0.15, -0.1) is 0 Å². The Balaban J connectivity index is 1.81. The Morgan fingerprint density at radius 2 is 1.24 bits per heavy atom. The second-order valence-corrected chi connectivity index (χ2v) is 16.0. The average molecular weight is 863 g/mol. The number of nitrogens with one attached hydrogen (secondary N) is 7. The van der Waals surface area contributed by atoms with Crippen LogP contribution in [0.2, 0.25) is 0 Å². The van der Waals surface area contributed by atoms with Crippen LogP contribution in [0.25, 0.3) is 10.9 Å². The molecule has 0 aliphatic heterocycles. The highest BCUT2D eigenvalue weighted by molar-refractivity contribution is 5.98. The van der Waals surface area contributed by atoms with E-state index in [1.54, 1.807) is 64.2 Å². The third-order valence-corrected chi connectivity index (χ3v) is 10.4. The van der Waals surface area contributed by atoms with Crippen LogP contribution in [0.5, 0.6) is 0 Å². The summed E-state index contributed by atoms with van der Waals surface area (Å²) in [6.45, 7) is 8.57. The van der Waals surface area contributed by atoms with Gasteiger partial charge in [0.05, 0.1) is 6.42 Å². The van der Waals surface area contributed by atoms with Crippen molar-refractivity contribution in [2.24, 2.45) is 17.6 Å². The van der Waals surface area contributed by atoms with Gasteiger partial charge in [0.1, 0.15) is 36.3 Å². The number of unbranched alkanes of at least 4 members (excludes halogenated alkanes) is 1.